The molecule has 0 radical (unpaired) electrons. The summed E-state index contributed by atoms with van der Waals surface area (Å²) in [5, 5.41) is 0. The average Bonchev–Trinajstić information content (AvgIpc) is 3.29. The number of hydrogen-bond acceptors (Lipinski definition) is 6. The molecule has 0 amide bonds. The lowest BCUT2D eigenvalue weighted by Crippen LogP contribution is -2.30. The summed E-state index contributed by atoms with van der Waals surface area (Å²) in [6.07, 6.45) is 53.8. The van der Waals surface area contributed by atoms with Gasteiger partial charge in [0.25, 0.3) is 0 Å². The number of carbonyl (C=O) groups is 3. The molecule has 0 rings (SSSR count). The molecule has 0 bridgehead atoms. The van der Waals surface area contributed by atoms with Gasteiger partial charge in [0, 0.05) is 19.3 Å². The zero-order valence-corrected chi connectivity index (χ0v) is 45.5. The van der Waals surface area contributed by atoms with Crippen LogP contribution in [0.25, 0.3) is 0 Å². The van der Waals surface area contributed by atoms with Gasteiger partial charge in [-0.25, -0.2) is 0 Å². The minimum absolute atomic E-state index is 0.0636. The standard InChI is InChI=1S/C60H116O6/c1-7-56(6)48-42-36-30-24-19-21-26-32-38-44-50-59(62)65-53-57(66-60(63)51-45-39-33-27-20-18-23-29-35-41-47-55(4)5)52-64-58(61)49-43-37-31-25-17-15-13-11-9-8-10-12-14-16-22-28-34-40-46-54(2)3/h54-57H,7-53H2,1-6H3/t56?,57-/m0/s1. The van der Waals surface area contributed by atoms with Crippen molar-refractivity contribution in [3.8, 4) is 0 Å². The molecule has 0 aromatic rings. The number of ether oxygens (including phenoxy) is 3. The molecule has 0 aromatic heterocycles. The van der Waals surface area contributed by atoms with Crippen molar-refractivity contribution < 1.29 is 28.6 Å². The van der Waals surface area contributed by atoms with Crippen LogP contribution in [0.2, 0.25) is 0 Å². The highest BCUT2D eigenvalue weighted by molar-refractivity contribution is 5.71. The van der Waals surface area contributed by atoms with E-state index >= 15 is 0 Å². The molecule has 6 heteroatoms. The third-order valence-electron chi connectivity index (χ3n) is 14.0. The van der Waals surface area contributed by atoms with Gasteiger partial charge in [-0.3, -0.25) is 14.4 Å². The second kappa shape index (κ2) is 51.3. The third-order valence-corrected chi connectivity index (χ3v) is 14.0. The fourth-order valence-corrected chi connectivity index (χ4v) is 9.14. The molecule has 0 saturated carbocycles. The number of esters is 3. The molecule has 392 valence electrons. The zero-order valence-electron chi connectivity index (χ0n) is 45.5. The van der Waals surface area contributed by atoms with Crippen molar-refractivity contribution in [1.82, 2.24) is 0 Å². The molecule has 0 aliphatic carbocycles. The number of carbonyl (C=O) groups excluding carboxylic acids is 3. The van der Waals surface area contributed by atoms with E-state index in [4.69, 9.17) is 14.2 Å². The summed E-state index contributed by atoms with van der Waals surface area (Å²) in [6.45, 7) is 13.8. The Morgan fingerprint density at radius 2 is 0.530 bits per heavy atom. The van der Waals surface area contributed by atoms with Crippen molar-refractivity contribution in [2.24, 2.45) is 17.8 Å². The summed E-state index contributed by atoms with van der Waals surface area (Å²) in [5.41, 5.74) is 0. The third kappa shape index (κ3) is 51.8. The van der Waals surface area contributed by atoms with Crippen molar-refractivity contribution in [2.75, 3.05) is 13.2 Å². The summed E-state index contributed by atoms with van der Waals surface area (Å²) in [4.78, 5) is 38.1. The zero-order chi connectivity index (χ0) is 48.4. The van der Waals surface area contributed by atoms with E-state index in [2.05, 4.69) is 41.5 Å². The maximum Gasteiger partial charge on any atom is 0.306 e. The molecule has 6 nitrogen and oxygen atoms in total. The smallest absolute Gasteiger partial charge is 0.306 e. The van der Waals surface area contributed by atoms with E-state index in [1.807, 2.05) is 0 Å². The lowest BCUT2D eigenvalue weighted by molar-refractivity contribution is -0.167. The van der Waals surface area contributed by atoms with Crippen molar-refractivity contribution in [1.29, 1.82) is 0 Å². The first-order chi connectivity index (χ1) is 32.1. The molecule has 66 heavy (non-hydrogen) atoms. The predicted molar refractivity (Wildman–Crippen MR) is 284 cm³/mol. The minimum Gasteiger partial charge on any atom is -0.462 e. The first-order valence-electron chi connectivity index (χ1n) is 29.6. The van der Waals surface area contributed by atoms with E-state index in [9.17, 15) is 14.4 Å². The summed E-state index contributed by atoms with van der Waals surface area (Å²) in [5.74, 6) is 1.70. The Labute approximate surface area is 412 Å². The largest absolute Gasteiger partial charge is 0.462 e. The predicted octanol–water partition coefficient (Wildman–Crippen LogP) is 19.5. The van der Waals surface area contributed by atoms with Gasteiger partial charge in [-0.05, 0) is 37.0 Å². The lowest BCUT2D eigenvalue weighted by atomic mass is 9.99. The van der Waals surface area contributed by atoms with Gasteiger partial charge < -0.3 is 14.2 Å². The number of hydrogen-bond donors (Lipinski definition) is 0. The van der Waals surface area contributed by atoms with Crippen molar-refractivity contribution >= 4 is 17.9 Å². The van der Waals surface area contributed by atoms with Crippen molar-refractivity contribution in [2.45, 2.75) is 337 Å². The molecule has 2 atom stereocenters. The van der Waals surface area contributed by atoms with E-state index in [0.29, 0.717) is 19.3 Å². The van der Waals surface area contributed by atoms with Crippen molar-refractivity contribution in [3.05, 3.63) is 0 Å². The Morgan fingerprint density at radius 1 is 0.303 bits per heavy atom. The van der Waals surface area contributed by atoms with E-state index < -0.39 is 6.10 Å². The fraction of sp³-hybridized carbons (Fsp3) is 0.950. The van der Waals surface area contributed by atoms with Crippen LogP contribution in [-0.2, 0) is 28.6 Å². The molecule has 0 N–H and O–H groups in total. The number of rotatable bonds is 53. The normalized spacial score (nSPS) is 12.5. The van der Waals surface area contributed by atoms with Gasteiger partial charge in [0.2, 0.25) is 0 Å². The average molecular weight is 934 g/mol. The topological polar surface area (TPSA) is 78.9 Å². The maximum absolute atomic E-state index is 12.8. The van der Waals surface area contributed by atoms with Crippen LogP contribution < -0.4 is 0 Å². The van der Waals surface area contributed by atoms with E-state index in [-0.39, 0.29) is 31.1 Å². The van der Waals surface area contributed by atoms with Gasteiger partial charge in [0.1, 0.15) is 13.2 Å². The maximum atomic E-state index is 12.8. The van der Waals surface area contributed by atoms with Crippen LogP contribution in [0.15, 0.2) is 0 Å². The second-order valence-corrected chi connectivity index (χ2v) is 21.8. The van der Waals surface area contributed by atoms with Gasteiger partial charge in [-0.1, -0.05) is 292 Å². The number of unbranched alkanes of at least 4 members (excludes halogenated alkanes) is 35. The SMILES string of the molecule is CCC(C)CCCCCCCCCCCCC(=O)OC[C@H](COC(=O)CCCCCCCCCCCCCCCCCCCCC(C)C)OC(=O)CCCCCCCCCCCCC(C)C. The molecular formula is C60H116O6. The molecule has 0 aliphatic heterocycles. The summed E-state index contributed by atoms with van der Waals surface area (Å²) in [6, 6.07) is 0. The Hall–Kier alpha value is -1.59. The quantitative estimate of drug-likeness (QED) is 0.0343. The molecule has 0 saturated heterocycles. The summed E-state index contributed by atoms with van der Waals surface area (Å²) >= 11 is 0. The van der Waals surface area contributed by atoms with Crippen LogP contribution in [0.1, 0.15) is 330 Å². The highest BCUT2D eigenvalue weighted by Gasteiger charge is 2.19. The van der Waals surface area contributed by atoms with Crippen LogP contribution in [0.4, 0.5) is 0 Å². The highest BCUT2D eigenvalue weighted by atomic mass is 16.6. The van der Waals surface area contributed by atoms with Crippen LogP contribution in [-0.4, -0.2) is 37.2 Å². The second-order valence-electron chi connectivity index (χ2n) is 21.8. The van der Waals surface area contributed by atoms with Crippen LogP contribution in [0.5, 0.6) is 0 Å². The Balaban J connectivity index is 4.25. The van der Waals surface area contributed by atoms with E-state index in [1.54, 1.807) is 0 Å². The van der Waals surface area contributed by atoms with Crippen LogP contribution >= 0.6 is 0 Å². The van der Waals surface area contributed by atoms with Gasteiger partial charge >= 0.3 is 17.9 Å². The molecule has 0 aromatic carbocycles. The monoisotopic (exact) mass is 933 g/mol. The van der Waals surface area contributed by atoms with Crippen molar-refractivity contribution in [3.63, 3.8) is 0 Å². The van der Waals surface area contributed by atoms with E-state index in [1.165, 1.54) is 212 Å². The first kappa shape index (κ1) is 64.4. The van der Waals surface area contributed by atoms with Gasteiger partial charge in [0.15, 0.2) is 6.10 Å². The van der Waals surface area contributed by atoms with Gasteiger partial charge in [-0.2, -0.15) is 0 Å². The lowest BCUT2D eigenvalue weighted by Gasteiger charge is -2.18. The van der Waals surface area contributed by atoms with Crippen LogP contribution in [0, 0.1) is 17.8 Å². The molecule has 0 fully saturated rings. The fourth-order valence-electron chi connectivity index (χ4n) is 9.14. The molecule has 1 unspecified atom stereocenters. The Kier molecular flexibility index (Phi) is 50.0. The Bertz CT molecular complexity index is 1020. The van der Waals surface area contributed by atoms with Crippen LogP contribution in [0.3, 0.4) is 0 Å². The van der Waals surface area contributed by atoms with Gasteiger partial charge in [-0.15, -0.1) is 0 Å². The molecule has 0 spiro atoms. The van der Waals surface area contributed by atoms with Gasteiger partial charge in [0.05, 0.1) is 0 Å². The molecule has 0 aliphatic rings. The summed E-state index contributed by atoms with van der Waals surface area (Å²) < 4.78 is 16.9. The first-order valence-corrected chi connectivity index (χ1v) is 29.6. The summed E-state index contributed by atoms with van der Waals surface area (Å²) in [7, 11) is 0. The minimum atomic E-state index is -0.764. The van der Waals surface area contributed by atoms with E-state index in [0.717, 1.165) is 75.5 Å². The molecular weight excluding hydrogens is 817 g/mol. The Morgan fingerprint density at radius 3 is 0.788 bits per heavy atom. The highest BCUT2D eigenvalue weighted by Crippen LogP contribution is 2.19. The molecule has 0 heterocycles.